The molecule has 180 valence electrons. The van der Waals surface area contributed by atoms with Crippen LogP contribution in [0.5, 0.6) is 0 Å². The number of halogens is 4. The summed E-state index contributed by atoms with van der Waals surface area (Å²) in [7, 11) is 0. The van der Waals surface area contributed by atoms with Gasteiger partial charge in [-0.15, -0.1) is 0 Å². The van der Waals surface area contributed by atoms with Crippen molar-refractivity contribution in [3.05, 3.63) is 77.9 Å². The van der Waals surface area contributed by atoms with Crippen molar-refractivity contribution in [2.24, 2.45) is 0 Å². The second-order valence-electron chi connectivity index (χ2n) is 8.60. The van der Waals surface area contributed by atoms with Gasteiger partial charge in [0.25, 0.3) is 0 Å². The van der Waals surface area contributed by atoms with Crippen LogP contribution in [-0.2, 0) is 12.6 Å². The van der Waals surface area contributed by atoms with Crippen molar-refractivity contribution < 1.29 is 17.6 Å². The lowest BCUT2D eigenvalue weighted by molar-refractivity contribution is -0.137. The summed E-state index contributed by atoms with van der Waals surface area (Å²) in [6.07, 6.45) is 0.161. The van der Waals surface area contributed by atoms with Gasteiger partial charge in [0.1, 0.15) is 5.82 Å². The Hall–Kier alpha value is -3.13. The topological polar surface area (TPSA) is 45.4 Å². The fourth-order valence-electron chi connectivity index (χ4n) is 4.26. The van der Waals surface area contributed by atoms with Crippen molar-refractivity contribution >= 4 is 11.4 Å². The number of pyridine rings is 1. The number of nitrogen functional groups attached to an aromatic ring is 1. The highest BCUT2D eigenvalue weighted by molar-refractivity contribution is 5.67. The zero-order valence-corrected chi connectivity index (χ0v) is 18.9. The molecule has 2 N–H and O–H groups in total. The Bertz CT molecular complexity index is 1090. The van der Waals surface area contributed by atoms with Crippen LogP contribution in [0.25, 0.3) is 11.1 Å². The van der Waals surface area contributed by atoms with Crippen LogP contribution in [0.15, 0.2) is 60.8 Å². The van der Waals surface area contributed by atoms with Crippen LogP contribution in [0, 0.1) is 5.82 Å². The van der Waals surface area contributed by atoms with Gasteiger partial charge in [0, 0.05) is 43.6 Å². The van der Waals surface area contributed by atoms with E-state index in [4.69, 9.17) is 5.73 Å². The van der Waals surface area contributed by atoms with Crippen LogP contribution in [-0.4, -0.2) is 42.6 Å². The SMILES string of the molecule is Nc1cc(-c2ccc(F)cc2)cnc1CCCCN1CCN(c2cccc(C(F)(F)F)c2)CC1. The Labute approximate surface area is 197 Å². The Kier molecular flexibility index (Phi) is 7.36. The molecule has 1 aliphatic rings. The molecule has 3 aromatic rings. The third-order valence-corrected chi connectivity index (χ3v) is 6.23. The van der Waals surface area contributed by atoms with Gasteiger partial charge >= 0.3 is 6.18 Å². The van der Waals surface area contributed by atoms with Gasteiger partial charge in [-0.2, -0.15) is 13.2 Å². The maximum absolute atomic E-state index is 13.1. The van der Waals surface area contributed by atoms with E-state index >= 15 is 0 Å². The van der Waals surface area contributed by atoms with Crippen molar-refractivity contribution in [2.45, 2.75) is 25.4 Å². The number of hydrogen-bond acceptors (Lipinski definition) is 4. The first kappa shape index (κ1) is 24.0. The maximum Gasteiger partial charge on any atom is 0.416 e. The van der Waals surface area contributed by atoms with E-state index in [2.05, 4.69) is 9.88 Å². The molecule has 1 aromatic heterocycles. The number of unbranched alkanes of at least 4 members (excludes halogenated alkanes) is 1. The van der Waals surface area contributed by atoms with Crippen molar-refractivity contribution in [3.8, 4) is 11.1 Å². The van der Waals surface area contributed by atoms with Crippen molar-refractivity contribution in [1.29, 1.82) is 0 Å². The van der Waals surface area contributed by atoms with E-state index in [1.165, 1.54) is 24.3 Å². The van der Waals surface area contributed by atoms with E-state index < -0.39 is 11.7 Å². The molecule has 0 spiro atoms. The van der Waals surface area contributed by atoms with Crippen molar-refractivity contribution in [3.63, 3.8) is 0 Å². The molecule has 0 saturated carbocycles. The molecule has 2 aromatic carbocycles. The number of aromatic nitrogens is 1. The molecule has 0 radical (unpaired) electrons. The van der Waals surface area contributed by atoms with Crippen LogP contribution in [0.3, 0.4) is 0 Å². The standard InChI is InChI=1S/C26H28F4N4/c27-22-9-7-19(8-10-22)20-16-24(31)25(32-18-20)6-1-2-11-33-12-14-34(15-13-33)23-5-3-4-21(17-23)26(28,29)30/h3-5,7-10,16-18H,1-2,6,11-15,31H2. The molecule has 0 unspecified atom stereocenters. The molecule has 1 fully saturated rings. The molecule has 0 bridgehead atoms. The van der Waals surface area contributed by atoms with Crippen molar-refractivity contribution in [2.75, 3.05) is 43.4 Å². The highest BCUT2D eigenvalue weighted by atomic mass is 19.4. The molecule has 0 amide bonds. The number of rotatable bonds is 7. The lowest BCUT2D eigenvalue weighted by Gasteiger charge is -2.36. The molecule has 1 saturated heterocycles. The monoisotopic (exact) mass is 472 g/mol. The van der Waals surface area contributed by atoms with Crippen LogP contribution in [0.1, 0.15) is 24.1 Å². The minimum atomic E-state index is -4.32. The lowest BCUT2D eigenvalue weighted by Crippen LogP contribution is -2.46. The molecular formula is C26H28F4N4. The second kappa shape index (κ2) is 10.4. The van der Waals surface area contributed by atoms with Gasteiger partial charge in [-0.1, -0.05) is 18.2 Å². The van der Waals surface area contributed by atoms with Crippen LogP contribution >= 0.6 is 0 Å². The summed E-state index contributed by atoms with van der Waals surface area (Å²) in [5.41, 5.74) is 9.45. The Balaban J connectivity index is 1.21. The van der Waals surface area contributed by atoms with Gasteiger partial charge in [0.05, 0.1) is 16.9 Å². The fraction of sp³-hybridized carbons (Fsp3) is 0.346. The van der Waals surface area contributed by atoms with E-state index in [-0.39, 0.29) is 5.82 Å². The number of hydrogen-bond donors (Lipinski definition) is 1. The highest BCUT2D eigenvalue weighted by Gasteiger charge is 2.31. The number of piperazine rings is 1. The molecule has 4 nitrogen and oxygen atoms in total. The normalized spacial score (nSPS) is 15.0. The van der Waals surface area contributed by atoms with Gasteiger partial charge in [-0.25, -0.2) is 4.39 Å². The van der Waals surface area contributed by atoms with Crippen LogP contribution < -0.4 is 10.6 Å². The number of alkyl halides is 3. The van der Waals surface area contributed by atoms with Crippen molar-refractivity contribution in [1.82, 2.24) is 9.88 Å². The van der Waals surface area contributed by atoms with E-state index in [0.717, 1.165) is 61.8 Å². The summed E-state index contributed by atoms with van der Waals surface area (Å²) in [5, 5.41) is 0. The summed E-state index contributed by atoms with van der Waals surface area (Å²) in [6.45, 7) is 4.00. The van der Waals surface area contributed by atoms with Gasteiger partial charge in [0.2, 0.25) is 0 Å². The number of anilines is 2. The molecule has 4 rings (SSSR count). The first-order valence-corrected chi connectivity index (χ1v) is 11.4. The summed E-state index contributed by atoms with van der Waals surface area (Å²) in [6, 6.07) is 13.7. The number of aryl methyl sites for hydroxylation is 1. The average Bonchev–Trinajstić information content (AvgIpc) is 2.83. The van der Waals surface area contributed by atoms with Gasteiger partial charge in [-0.05, 0) is 67.8 Å². The molecule has 34 heavy (non-hydrogen) atoms. The fourth-order valence-corrected chi connectivity index (χ4v) is 4.26. The highest BCUT2D eigenvalue weighted by Crippen LogP contribution is 2.32. The summed E-state index contributed by atoms with van der Waals surface area (Å²) < 4.78 is 52.1. The quantitative estimate of drug-likeness (QED) is 0.357. The smallest absolute Gasteiger partial charge is 0.397 e. The summed E-state index contributed by atoms with van der Waals surface area (Å²) in [4.78, 5) is 8.87. The average molecular weight is 473 g/mol. The third kappa shape index (κ3) is 6.05. The first-order valence-electron chi connectivity index (χ1n) is 11.4. The minimum Gasteiger partial charge on any atom is -0.397 e. The molecule has 1 aliphatic heterocycles. The predicted octanol–water partition coefficient (Wildman–Crippen LogP) is 5.63. The minimum absolute atomic E-state index is 0.279. The summed E-state index contributed by atoms with van der Waals surface area (Å²) >= 11 is 0. The number of benzene rings is 2. The van der Waals surface area contributed by atoms with Crippen LogP contribution in [0.4, 0.5) is 28.9 Å². The Morgan fingerprint density at radius 3 is 2.29 bits per heavy atom. The second-order valence-corrected chi connectivity index (χ2v) is 8.60. The molecule has 8 heteroatoms. The maximum atomic E-state index is 13.1. The molecular weight excluding hydrogens is 444 g/mol. The largest absolute Gasteiger partial charge is 0.416 e. The summed E-state index contributed by atoms with van der Waals surface area (Å²) in [5.74, 6) is -0.279. The third-order valence-electron chi connectivity index (χ3n) is 6.23. The van der Waals surface area contributed by atoms with Gasteiger partial charge in [0.15, 0.2) is 0 Å². The first-order chi connectivity index (χ1) is 16.3. The molecule has 0 atom stereocenters. The van der Waals surface area contributed by atoms with Crippen LogP contribution in [0.2, 0.25) is 0 Å². The van der Waals surface area contributed by atoms with E-state index in [9.17, 15) is 17.6 Å². The zero-order chi connectivity index (χ0) is 24.1. The lowest BCUT2D eigenvalue weighted by atomic mass is 10.0. The molecule has 0 aliphatic carbocycles. The Morgan fingerprint density at radius 2 is 1.62 bits per heavy atom. The Morgan fingerprint density at radius 1 is 0.882 bits per heavy atom. The van der Waals surface area contributed by atoms with Gasteiger partial charge in [-0.3, -0.25) is 9.88 Å². The molecule has 2 heterocycles. The van der Waals surface area contributed by atoms with Gasteiger partial charge < -0.3 is 10.6 Å². The van der Waals surface area contributed by atoms with E-state index in [0.29, 0.717) is 24.5 Å². The van der Waals surface area contributed by atoms with E-state index in [1.54, 1.807) is 24.4 Å². The predicted molar refractivity (Wildman–Crippen MR) is 127 cm³/mol. The number of nitrogens with two attached hydrogens (primary N) is 1. The number of nitrogens with zero attached hydrogens (tertiary/aromatic N) is 3. The van der Waals surface area contributed by atoms with E-state index in [1.807, 2.05) is 11.0 Å². The zero-order valence-electron chi connectivity index (χ0n) is 18.9.